The van der Waals surface area contributed by atoms with E-state index in [1.54, 1.807) is 13.8 Å². The lowest BCUT2D eigenvalue weighted by molar-refractivity contribution is -0.250. The van der Waals surface area contributed by atoms with Crippen LogP contribution in [0.1, 0.15) is 43.5 Å². The van der Waals surface area contributed by atoms with Gasteiger partial charge in [-0.2, -0.15) is 0 Å². The maximum absolute atomic E-state index is 13.9. The molecule has 0 aliphatic heterocycles. The summed E-state index contributed by atoms with van der Waals surface area (Å²) in [4.78, 5) is 12.5. The van der Waals surface area contributed by atoms with Gasteiger partial charge in [-0.25, -0.2) is 21.6 Å². The molecule has 202 valence electrons. The number of amides is 1. The molecule has 2 N–H and O–H groups in total. The number of ether oxygens (including phenoxy) is 2. The molecule has 2 fully saturated rings. The lowest BCUT2D eigenvalue weighted by Crippen LogP contribution is -2.51. The minimum Gasteiger partial charge on any atom is -0.384 e. The van der Waals surface area contributed by atoms with Crippen molar-refractivity contribution in [3.8, 4) is 0 Å². The molecule has 0 radical (unpaired) electrons. The second-order valence-corrected chi connectivity index (χ2v) is 11.7. The molecule has 2 aliphatic rings. The van der Waals surface area contributed by atoms with E-state index >= 15 is 0 Å². The van der Waals surface area contributed by atoms with Gasteiger partial charge >= 0.3 is 0 Å². The van der Waals surface area contributed by atoms with Gasteiger partial charge in [0.25, 0.3) is 5.91 Å². The molecule has 2 saturated carbocycles. The standard InChI is InChI=1S/C25H27ClF3NO6S/c1-3-35-24(36-4-2)25(32)12-14-5-7-16(25)22(14)37(33,34)20-9-13(6-8-17(20)26)23(31)30-15-10-18(27)21(29)19(28)11-15/h6,8-11,14,16,22,24,32H,3-5,7,12H2,1-2H3,(H,30,31)/t14?,16?,22-,25-/m1/s1. The maximum Gasteiger partial charge on any atom is 0.255 e. The van der Waals surface area contributed by atoms with Crippen LogP contribution in [-0.4, -0.2) is 49.8 Å². The van der Waals surface area contributed by atoms with E-state index in [0.29, 0.717) is 25.0 Å². The summed E-state index contributed by atoms with van der Waals surface area (Å²) >= 11 is 6.27. The number of rotatable bonds is 9. The zero-order valence-electron chi connectivity index (χ0n) is 20.1. The van der Waals surface area contributed by atoms with Crippen LogP contribution in [0.5, 0.6) is 0 Å². The van der Waals surface area contributed by atoms with E-state index in [2.05, 4.69) is 5.32 Å². The minimum atomic E-state index is -4.14. The minimum absolute atomic E-state index is 0.114. The molecule has 0 saturated heterocycles. The fourth-order valence-electron chi connectivity index (χ4n) is 5.59. The van der Waals surface area contributed by atoms with E-state index in [4.69, 9.17) is 21.1 Å². The van der Waals surface area contributed by atoms with Crippen molar-refractivity contribution in [3.63, 3.8) is 0 Å². The van der Waals surface area contributed by atoms with Gasteiger partial charge in [-0.05, 0) is 57.2 Å². The molecular weight excluding hydrogens is 535 g/mol. The largest absolute Gasteiger partial charge is 0.384 e. The average molecular weight is 562 g/mol. The topological polar surface area (TPSA) is 102 Å². The lowest BCUT2D eigenvalue weighted by atomic mass is 9.83. The predicted octanol–water partition coefficient (Wildman–Crippen LogP) is 4.71. The zero-order valence-corrected chi connectivity index (χ0v) is 21.7. The van der Waals surface area contributed by atoms with Gasteiger partial charge in [0.1, 0.15) is 5.60 Å². The summed E-state index contributed by atoms with van der Waals surface area (Å²) in [6.07, 6.45) is 0.216. The lowest BCUT2D eigenvalue weighted by Gasteiger charge is -2.38. The van der Waals surface area contributed by atoms with E-state index in [0.717, 1.165) is 6.07 Å². The Hall–Kier alpha value is -2.18. The maximum atomic E-state index is 13.9. The van der Waals surface area contributed by atoms with Gasteiger partial charge in [-0.15, -0.1) is 0 Å². The number of hydrogen-bond acceptors (Lipinski definition) is 6. The summed E-state index contributed by atoms with van der Waals surface area (Å²) in [6.45, 7) is 4.04. The molecule has 4 atom stereocenters. The van der Waals surface area contributed by atoms with Crippen LogP contribution >= 0.6 is 11.6 Å². The summed E-state index contributed by atoms with van der Waals surface area (Å²) in [7, 11) is -4.14. The van der Waals surface area contributed by atoms with Crippen LogP contribution in [0.2, 0.25) is 5.02 Å². The highest BCUT2D eigenvalue weighted by Gasteiger charge is 2.64. The Morgan fingerprint density at radius 1 is 1.14 bits per heavy atom. The third kappa shape index (κ3) is 4.99. The smallest absolute Gasteiger partial charge is 0.255 e. The van der Waals surface area contributed by atoms with E-state index in [1.165, 1.54) is 12.1 Å². The van der Waals surface area contributed by atoms with Gasteiger partial charge in [0.05, 0.1) is 15.2 Å². The van der Waals surface area contributed by atoms with Crippen LogP contribution in [0, 0.1) is 29.3 Å². The van der Waals surface area contributed by atoms with Gasteiger partial charge < -0.3 is 19.9 Å². The number of benzene rings is 2. The molecule has 2 aromatic rings. The van der Waals surface area contributed by atoms with Crippen molar-refractivity contribution >= 4 is 33.0 Å². The van der Waals surface area contributed by atoms with Gasteiger partial charge in [-0.3, -0.25) is 4.79 Å². The number of carbonyl (C=O) groups is 1. The fourth-order valence-corrected chi connectivity index (χ4v) is 8.50. The van der Waals surface area contributed by atoms with Gasteiger partial charge in [0, 0.05) is 42.5 Å². The van der Waals surface area contributed by atoms with Crippen molar-refractivity contribution in [2.24, 2.45) is 11.8 Å². The Balaban J connectivity index is 1.64. The van der Waals surface area contributed by atoms with Crippen LogP contribution < -0.4 is 5.32 Å². The molecule has 2 unspecified atom stereocenters. The Morgan fingerprint density at radius 3 is 2.35 bits per heavy atom. The first-order valence-electron chi connectivity index (χ1n) is 11.9. The molecule has 2 aromatic carbocycles. The summed E-state index contributed by atoms with van der Waals surface area (Å²) in [6, 6.07) is 4.79. The molecule has 7 nitrogen and oxygen atoms in total. The van der Waals surface area contributed by atoms with Crippen molar-refractivity contribution in [1.82, 2.24) is 0 Å². The summed E-state index contributed by atoms with van der Waals surface area (Å²) in [5, 5.41) is 12.7. The quantitative estimate of drug-likeness (QED) is 0.340. The molecule has 1 amide bonds. The third-order valence-corrected chi connectivity index (χ3v) is 9.91. The second-order valence-electron chi connectivity index (χ2n) is 9.24. The first kappa shape index (κ1) is 27.8. The van der Waals surface area contributed by atoms with E-state index < -0.39 is 56.3 Å². The van der Waals surface area contributed by atoms with Crippen molar-refractivity contribution in [2.45, 2.75) is 55.1 Å². The number of nitrogens with one attached hydrogen (secondary N) is 1. The van der Waals surface area contributed by atoms with Crippen LogP contribution in [-0.2, 0) is 19.3 Å². The molecule has 0 spiro atoms. The molecule has 37 heavy (non-hydrogen) atoms. The van der Waals surface area contributed by atoms with Crippen molar-refractivity contribution in [2.75, 3.05) is 18.5 Å². The SMILES string of the molecule is CCOC(OCC)[C@@]1(O)CC2CCC1[C@@H]2S(=O)(=O)c1cc(C(=O)Nc2cc(F)c(F)c(F)c2)ccc1Cl. The third-order valence-electron chi connectivity index (χ3n) is 7.09. The Bertz CT molecular complexity index is 1280. The second kappa shape index (κ2) is 10.5. The number of anilines is 1. The van der Waals surface area contributed by atoms with E-state index in [-0.39, 0.29) is 46.7 Å². The molecule has 0 heterocycles. The number of halogens is 4. The average Bonchev–Trinajstić information content (AvgIpc) is 3.39. The normalized spacial score (nSPS) is 25.1. The van der Waals surface area contributed by atoms with Crippen LogP contribution in [0.25, 0.3) is 0 Å². The summed E-state index contributed by atoms with van der Waals surface area (Å²) in [5.74, 6) is -6.59. The highest BCUT2D eigenvalue weighted by atomic mass is 35.5. The predicted molar refractivity (Wildman–Crippen MR) is 130 cm³/mol. The highest BCUT2D eigenvalue weighted by Crippen LogP contribution is 2.57. The first-order chi connectivity index (χ1) is 17.4. The van der Waals surface area contributed by atoms with Crippen LogP contribution in [0.4, 0.5) is 18.9 Å². The fraction of sp³-hybridized carbons (Fsp3) is 0.480. The zero-order chi connectivity index (χ0) is 27.1. The van der Waals surface area contributed by atoms with E-state index in [9.17, 15) is 31.5 Å². The van der Waals surface area contributed by atoms with Crippen LogP contribution in [0.15, 0.2) is 35.2 Å². The summed E-state index contributed by atoms with van der Waals surface area (Å²) < 4.78 is 79.2. The Labute approximate surface area is 217 Å². The van der Waals surface area contributed by atoms with E-state index in [1.807, 2.05) is 0 Å². The Kier molecular flexibility index (Phi) is 7.92. The Morgan fingerprint density at radius 2 is 1.76 bits per heavy atom. The molecule has 2 bridgehead atoms. The molecule has 2 aliphatic carbocycles. The number of sulfone groups is 1. The van der Waals surface area contributed by atoms with Crippen molar-refractivity contribution in [3.05, 3.63) is 58.4 Å². The molecule has 0 aromatic heterocycles. The highest BCUT2D eigenvalue weighted by molar-refractivity contribution is 7.92. The number of aliphatic hydroxyl groups is 1. The van der Waals surface area contributed by atoms with Gasteiger partial charge in [0.2, 0.25) is 0 Å². The first-order valence-corrected chi connectivity index (χ1v) is 13.8. The monoisotopic (exact) mass is 561 g/mol. The number of hydrogen-bond donors (Lipinski definition) is 2. The summed E-state index contributed by atoms with van der Waals surface area (Å²) in [5.41, 5.74) is -2.00. The molecule has 12 heteroatoms. The van der Waals surface area contributed by atoms with Gasteiger partial charge in [0.15, 0.2) is 33.6 Å². The van der Waals surface area contributed by atoms with Crippen molar-refractivity contribution < 1.29 is 41.0 Å². The molecule has 4 rings (SSSR count). The van der Waals surface area contributed by atoms with Crippen molar-refractivity contribution in [1.29, 1.82) is 0 Å². The van der Waals surface area contributed by atoms with Gasteiger partial charge in [-0.1, -0.05) is 11.6 Å². The molecular formula is C25H27ClF3NO6S. The number of carbonyl (C=O) groups excluding carboxylic acids is 1. The van der Waals surface area contributed by atoms with Crippen LogP contribution in [0.3, 0.4) is 0 Å². The number of fused-ring (bicyclic) bond motifs is 2.